The van der Waals surface area contributed by atoms with Crippen molar-refractivity contribution in [3.8, 4) is 10.4 Å². The molecule has 0 unspecified atom stereocenters. The second kappa shape index (κ2) is 8.90. The zero-order chi connectivity index (χ0) is 21.0. The van der Waals surface area contributed by atoms with Crippen molar-refractivity contribution in [1.82, 2.24) is 5.32 Å². The molecule has 0 atom stereocenters. The number of hydrogen-bond acceptors (Lipinski definition) is 5. The van der Waals surface area contributed by atoms with Crippen molar-refractivity contribution < 1.29 is 4.79 Å². The molecule has 1 aliphatic heterocycles. The first-order chi connectivity index (χ1) is 14.6. The van der Waals surface area contributed by atoms with Crippen LogP contribution in [0, 0.1) is 0 Å². The van der Waals surface area contributed by atoms with Crippen LogP contribution in [0.3, 0.4) is 0 Å². The molecule has 2 heterocycles. The molecule has 1 saturated heterocycles. The Kier molecular flexibility index (Phi) is 6.06. The number of piperidine rings is 1. The van der Waals surface area contributed by atoms with Gasteiger partial charge in [-0.1, -0.05) is 19.1 Å². The van der Waals surface area contributed by atoms with Gasteiger partial charge in [0.25, 0.3) is 5.91 Å². The number of nitrogen functional groups attached to an aromatic ring is 1. The lowest BCUT2D eigenvalue weighted by atomic mass is 9.85. The third kappa shape index (κ3) is 4.50. The zero-order valence-corrected chi connectivity index (χ0v) is 18.0. The topological polar surface area (TPSA) is 79.2 Å². The maximum Gasteiger partial charge on any atom is 0.255 e. The summed E-state index contributed by atoms with van der Waals surface area (Å²) < 4.78 is 0. The summed E-state index contributed by atoms with van der Waals surface area (Å²) in [6.45, 7) is 4.30. The van der Waals surface area contributed by atoms with Gasteiger partial charge in [0.1, 0.15) is 0 Å². The van der Waals surface area contributed by atoms with Gasteiger partial charge in [-0.2, -0.15) is 0 Å². The van der Waals surface area contributed by atoms with E-state index in [4.69, 9.17) is 5.73 Å². The second-order valence-electron chi connectivity index (χ2n) is 7.82. The summed E-state index contributed by atoms with van der Waals surface area (Å²) in [4.78, 5) is 13.9. The number of anilines is 3. The standard InChI is InChI=1S/C24H28N4OS/c1-2-24(11-13-26-14-12-24)28-19-8-5-17(6-9-19)23(29)27-21-16-18(7-10-20(21)25)22-4-3-15-30-22/h3-10,15-16,26,28H,2,11-14,25H2,1H3,(H,27,29). The van der Waals surface area contributed by atoms with Gasteiger partial charge < -0.3 is 21.7 Å². The number of carbonyl (C=O) groups is 1. The highest BCUT2D eigenvalue weighted by atomic mass is 32.1. The second-order valence-corrected chi connectivity index (χ2v) is 8.77. The first kappa shape index (κ1) is 20.4. The minimum absolute atomic E-state index is 0.131. The molecule has 1 fully saturated rings. The molecule has 1 aliphatic rings. The Bertz CT molecular complexity index is 993. The SMILES string of the molecule is CCC1(Nc2ccc(C(=O)Nc3cc(-c4cccs4)ccc3N)cc2)CCNCC1. The van der Waals surface area contributed by atoms with Crippen molar-refractivity contribution in [2.24, 2.45) is 0 Å². The molecule has 1 aromatic heterocycles. The summed E-state index contributed by atoms with van der Waals surface area (Å²) in [5.41, 5.74) is 10.1. The van der Waals surface area contributed by atoms with E-state index in [1.165, 1.54) is 0 Å². The number of benzene rings is 2. The van der Waals surface area contributed by atoms with Crippen molar-refractivity contribution >= 4 is 34.3 Å². The van der Waals surface area contributed by atoms with Crippen molar-refractivity contribution in [3.05, 3.63) is 65.5 Å². The predicted octanol–water partition coefficient (Wildman–Crippen LogP) is 5.19. The van der Waals surface area contributed by atoms with Gasteiger partial charge in [-0.25, -0.2) is 0 Å². The van der Waals surface area contributed by atoms with Crippen LogP contribution in [-0.2, 0) is 0 Å². The number of thiophene rings is 1. The van der Waals surface area contributed by atoms with E-state index in [0.29, 0.717) is 16.9 Å². The van der Waals surface area contributed by atoms with Crippen molar-refractivity contribution in [3.63, 3.8) is 0 Å². The maximum absolute atomic E-state index is 12.8. The molecule has 0 bridgehead atoms. The highest BCUT2D eigenvalue weighted by Gasteiger charge is 2.29. The largest absolute Gasteiger partial charge is 0.397 e. The van der Waals surface area contributed by atoms with Crippen LogP contribution >= 0.6 is 11.3 Å². The Labute approximate surface area is 181 Å². The number of amides is 1. The molecule has 1 amide bonds. The number of hydrogen-bond donors (Lipinski definition) is 4. The van der Waals surface area contributed by atoms with Gasteiger partial charge in [0.15, 0.2) is 0 Å². The van der Waals surface area contributed by atoms with Gasteiger partial charge in [0.2, 0.25) is 0 Å². The molecule has 30 heavy (non-hydrogen) atoms. The predicted molar refractivity (Wildman–Crippen MR) is 127 cm³/mol. The monoisotopic (exact) mass is 420 g/mol. The fraction of sp³-hybridized carbons (Fsp3) is 0.292. The molecule has 5 nitrogen and oxygen atoms in total. The summed E-state index contributed by atoms with van der Waals surface area (Å²) in [7, 11) is 0. The van der Waals surface area contributed by atoms with E-state index in [-0.39, 0.29) is 11.4 Å². The Morgan fingerprint density at radius 1 is 1.13 bits per heavy atom. The summed E-state index contributed by atoms with van der Waals surface area (Å²) in [6.07, 6.45) is 3.29. The lowest BCUT2D eigenvalue weighted by Crippen LogP contribution is -2.47. The quantitative estimate of drug-likeness (QED) is 0.414. The van der Waals surface area contributed by atoms with Gasteiger partial charge in [0, 0.05) is 21.7 Å². The molecule has 0 aliphatic carbocycles. The normalized spacial score (nSPS) is 15.5. The molecular weight excluding hydrogens is 392 g/mol. The molecule has 0 radical (unpaired) electrons. The average molecular weight is 421 g/mol. The molecule has 0 saturated carbocycles. The molecule has 3 aromatic rings. The third-order valence-electron chi connectivity index (χ3n) is 5.90. The van der Waals surface area contributed by atoms with E-state index < -0.39 is 0 Å². The highest BCUT2D eigenvalue weighted by molar-refractivity contribution is 7.13. The molecule has 4 rings (SSSR count). The summed E-state index contributed by atoms with van der Waals surface area (Å²) in [5, 5.41) is 12.1. The minimum Gasteiger partial charge on any atom is -0.397 e. The Hall–Kier alpha value is -2.83. The van der Waals surface area contributed by atoms with Crippen LogP contribution in [0.2, 0.25) is 0 Å². The van der Waals surface area contributed by atoms with E-state index in [2.05, 4.69) is 28.9 Å². The molecule has 2 aromatic carbocycles. The molecule has 6 heteroatoms. The van der Waals surface area contributed by atoms with Gasteiger partial charge in [-0.15, -0.1) is 11.3 Å². The number of nitrogens with two attached hydrogens (primary N) is 1. The van der Waals surface area contributed by atoms with Crippen molar-refractivity contribution in [1.29, 1.82) is 0 Å². The summed E-state index contributed by atoms with van der Waals surface area (Å²) >= 11 is 1.66. The molecular formula is C24H28N4OS. The van der Waals surface area contributed by atoms with Crippen LogP contribution in [0.5, 0.6) is 0 Å². The van der Waals surface area contributed by atoms with Gasteiger partial charge >= 0.3 is 0 Å². The van der Waals surface area contributed by atoms with Crippen molar-refractivity contribution in [2.75, 3.05) is 29.5 Å². The molecule has 0 spiro atoms. The maximum atomic E-state index is 12.8. The van der Waals surface area contributed by atoms with Crippen LogP contribution in [-0.4, -0.2) is 24.5 Å². The summed E-state index contributed by atoms with van der Waals surface area (Å²) in [6, 6.07) is 17.5. The van der Waals surface area contributed by atoms with E-state index in [1.54, 1.807) is 11.3 Å². The Balaban J connectivity index is 1.46. The van der Waals surface area contributed by atoms with Gasteiger partial charge in [-0.3, -0.25) is 4.79 Å². The first-order valence-electron chi connectivity index (χ1n) is 10.4. The van der Waals surface area contributed by atoms with Crippen LogP contribution in [0.1, 0.15) is 36.5 Å². The highest BCUT2D eigenvalue weighted by Crippen LogP contribution is 2.31. The number of rotatable bonds is 6. The van der Waals surface area contributed by atoms with Gasteiger partial charge in [0.05, 0.1) is 11.4 Å². The van der Waals surface area contributed by atoms with Crippen LogP contribution in [0.15, 0.2) is 60.0 Å². The Morgan fingerprint density at radius 3 is 2.57 bits per heavy atom. The third-order valence-corrected chi connectivity index (χ3v) is 6.82. The first-order valence-corrected chi connectivity index (χ1v) is 11.3. The molecule has 156 valence electrons. The lowest BCUT2D eigenvalue weighted by molar-refractivity contribution is 0.102. The van der Waals surface area contributed by atoms with E-state index in [0.717, 1.165) is 48.5 Å². The van der Waals surface area contributed by atoms with Crippen LogP contribution in [0.4, 0.5) is 17.1 Å². The fourth-order valence-electron chi connectivity index (χ4n) is 3.94. The van der Waals surface area contributed by atoms with E-state index in [1.807, 2.05) is 53.9 Å². The average Bonchev–Trinajstić information content (AvgIpc) is 3.31. The zero-order valence-electron chi connectivity index (χ0n) is 17.2. The summed E-state index contributed by atoms with van der Waals surface area (Å²) in [5.74, 6) is -0.163. The van der Waals surface area contributed by atoms with E-state index in [9.17, 15) is 4.79 Å². The van der Waals surface area contributed by atoms with Crippen LogP contribution < -0.4 is 21.7 Å². The van der Waals surface area contributed by atoms with Gasteiger partial charge in [-0.05, 0) is 85.8 Å². The smallest absolute Gasteiger partial charge is 0.255 e. The lowest BCUT2D eigenvalue weighted by Gasteiger charge is -2.38. The van der Waals surface area contributed by atoms with Crippen LogP contribution in [0.25, 0.3) is 10.4 Å². The molecule has 5 N–H and O–H groups in total. The fourth-order valence-corrected chi connectivity index (χ4v) is 4.66. The van der Waals surface area contributed by atoms with E-state index >= 15 is 0 Å². The number of carbonyl (C=O) groups excluding carboxylic acids is 1. The van der Waals surface area contributed by atoms with Crippen molar-refractivity contribution in [2.45, 2.75) is 31.7 Å². The number of nitrogens with one attached hydrogen (secondary N) is 3. The Morgan fingerprint density at radius 2 is 1.90 bits per heavy atom. The minimum atomic E-state index is -0.163.